The average molecular weight is 445 g/mol. The molecular formula is C30H52O2. The first-order valence-electron chi connectivity index (χ1n) is 13.5. The van der Waals surface area contributed by atoms with Crippen LogP contribution in [0.25, 0.3) is 0 Å². The third-order valence-corrected chi connectivity index (χ3v) is 8.68. The molecule has 0 aromatic heterocycles. The summed E-state index contributed by atoms with van der Waals surface area (Å²) in [5.41, 5.74) is 3.73. The second kappa shape index (κ2) is 11.5. The van der Waals surface area contributed by atoms with E-state index in [0.717, 1.165) is 43.1 Å². The predicted octanol–water partition coefficient (Wildman–Crippen LogP) is 8.01. The van der Waals surface area contributed by atoms with Crippen LogP contribution in [0, 0.1) is 29.1 Å². The number of hydrogen-bond donors (Lipinski definition) is 2. The Morgan fingerprint density at radius 2 is 1.91 bits per heavy atom. The summed E-state index contributed by atoms with van der Waals surface area (Å²) in [5.74, 6) is 2.78. The molecule has 0 aliphatic heterocycles. The first-order chi connectivity index (χ1) is 15.0. The summed E-state index contributed by atoms with van der Waals surface area (Å²) in [4.78, 5) is 0. The first-order valence-corrected chi connectivity index (χ1v) is 13.5. The predicted molar refractivity (Wildman–Crippen MR) is 139 cm³/mol. The van der Waals surface area contributed by atoms with Crippen LogP contribution in [0.1, 0.15) is 113 Å². The summed E-state index contributed by atoms with van der Waals surface area (Å²) >= 11 is 0. The molecule has 2 nitrogen and oxygen atoms in total. The molecule has 0 aromatic carbocycles. The minimum absolute atomic E-state index is 0.365. The Bertz CT molecular complexity index is 679. The van der Waals surface area contributed by atoms with Gasteiger partial charge in [0, 0.05) is 0 Å². The lowest BCUT2D eigenvalue weighted by Crippen LogP contribution is -2.36. The van der Waals surface area contributed by atoms with Crippen LogP contribution in [0.15, 0.2) is 35.5 Å². The van der Waals surface area contributed by atoms with Crippen molar-refractivity contribution < 1.29 is 10.2 Å². The van der Waals surface area contributed by atoms with Crippen LogP contribution in [0.5, 0.6) is 0 Å². The Morgan fingerprint density at radius 1 is 1.22 bits per heavy atom. The van der Waals surface area contributed by atoms with Gasteiger partial charge < -0.3 is 10.2 Å². The summed E-state index contributed by atoms with van der Waals surface area (Å²) in [5, 5.41) is 20.3. The van der Waals surface area contributed by atoms with Gasteiger partial charge in [0.2, 0.25) is 0 Å². The number of fused-ring (bicyclic) bond motifs is 1. The molecule has 0 radical (unpaired) electrons. The summed E-state index contributed by atoms with van der Waals surface area (Å²) in [6.45, 7) is 19.3. The Morgan fingerprint density at radius 3 is 2.56 bits per heavy atom. The van der Waals surface area contributed by atoms with Crippen molar-refractivity contribution in [3.63, 3.8) is 0 Å². The van der Waals surface area contributed by atoms with E-state index < -0.39 is 5.60 Å². The van der Waals surface area contributed by atoms with Gasteiger partial charge in [0.1, 0.15) is 0 Å². The molecule has 0 amide bonds. The van der Waals surface area contributed by atoms with E-state index in [1.54, 1.807) is 5.57 Å². The van der Waals surface area contributed by atoms with E-state index in [9.17, 15) is 10.2 Å². The minimum Gasteiger partial charge on any atom is -0.390 e. The zero-order valence-electron chi connectivity index (χ0n) is 22.2. The van der Waals surface area contributed by atoms with Crippen LogP contribution in [0.3, 0.4) is 0 Å². The van der Waals surface area contributed by atoms with E-state index in [0.29, 0.717) is 17.3 Å². The fourth-order valence-electron chi connectivity index (χ4n) is 6.98. The number of allylic oxidation sites excluding steroid dienone is 3. The normalized spacial score (nSPS) is 36.6. The fourth-order valence-corrected chi connectivity index (χ4v) is 6.98. The van der Waals surface area contributed by atoms with E-state index in [2.05, 4.69) is 39.5 Å². The smallest absolute Gasteiger partial charge is 0.0789 e. The summed E-state index contributed by atoms with van der Waals surface area (Å²) in [7, 11) is 0. The molecule has 0 aromatic rings. The van der Waals surface area contributed by atoms with Crippen molar-refractivity contribution >= 4 is 0 Å². The topological polar surface area (TPSA) is 40.5 Å². The zero-order chi connectivity index (χ0) is 24.1. The van der Waals surface area contributed by atoms with E-state index in [1.807, 2.05) is 27.7 Å². The molecule has 0 heterocycles. The third-order valence-electron chi connectivity index (χ3n) is 8.68. The molecule has 0 spiro atoms. The van der Waals surface area contributed by atoms with Gasteiger partial charge in [0.15, 0.2) is 0 Å². The van der Waals surface area contributed by atoms with Gasteiger partial charge in [-0.1, -0.05) is 71.8 Å². The SMILES string of the molecule is C=C1/C(=C\C=C2/CCCC3(C)C2CCC3[C@H](C)CCCC(C)(C)O)CC(C)CC1O.CC. The lowest BCUT2D eigenvalue weighted by Gasteiger charge is -2.44. The second-order valence-electron chi connectivity index (χ2n) is 11.8. The third kappa shape index (κ3) is 6.60. The molecule has 32 heavy (non-hydrogen) atoms. The van der Waals surface area contributed by atoms with Gasteiger partial charge in [0.05, 0.1) is 11.7 Å². The monoisotopic (exact) mass is 444 g/mol. The molecule has 6 atom stereocenters. The highest BCUT2D eigenvalue weighted by Crippen LogP contribution is 2.60. The quantitative estimate of drug-likeness (QED) is 0.435. The summed E-state index contributed by atoms with van der Waals surface area (Å²) < 4.78 is 0. The Kier molecular flexibility index (Phi) is 9.86. The van der Waals surface area contributed by atoms with E-state index in [4.69, 9.17) is 0 Å². The number of aliphatic hydroxyl groups excluding tert-OH is 1. The van der Waals surface area contributed by atoms with Gasteiger partial charge in [-0.3, -0.25) is 0 Å². The Hall–Kier alpha value is -0.860. The number of aliphatic hydroxyl groups is 2. The van der Waals surface area contributed by atoms with Crippen molar-refractivity contribution in [2.24, 2.45) is 29.1 Å². The van der Waals surface area contributed by atoms with E-state index in [1.165, 1.54) is 44.1 Å². The highest BCUT2D eigenvalue weighted by Gasteiger charge is 2.50. The molecule has 0 saturated heterocycles. The van der Waals surface area contributed by atoms with Crippen LogP contribution in [0.2, 0.25) is 0 Å². The molecular weight excluding hydrogens is 392 g/mol. The van der Waals surface area contributed by atoms with Crippen molar-refractivity contribution in [1.29, 1.82) is 0 Å². The van der Waals surface area contributed by atoms with Crippen LogP contribution in [-0.4, -0.2) is 21.9 Å². The van der Waals surface area contributed by atoms with Crippen molar-refractivity contribution in [3.05, 3.63) is 35.5 Å². The van der Waals surface area contributed by atoms with E-state index >= 15 is 0 Å². The molecule has 0 bridgehead atoms. The molecule has 2 N–H and O–H groups in total. The van der Waals surface area contributed by atoms with Crippen molar-refractivity contribution in [3.8, 4) is 0 Å². The fraction of sp³-hybridized carbons (Fsp3) is 0.800. The highest BCUT2D eigenvalue weighted by molar-refractivity contribution is 5.38. The largest absolute Gasteiger partial charge is 0.390 e. The van der Waals surface area contributed by atoms with Gasteiger partial charge in [-0.05, 0) is 105 Å². The maximum atomic E-state index is 10.3. The minimum atomic E-state index is -0.537. The second-order valence-corrected chi connectivity index (χ2v) is 11.8. The van der Waals surface area contributed by atoms with Gasteiger partial charge in [-0.15, -0.1) is 0 Å². The van der Waals surface area contributed by atoms with Crippen molar-refractivity contribution in [2.45, 2.75) is 124 Å². The Balaban J connectivity index is 0.00000176. The lowest BCUT2D eigenvalue weighted by molar-refractivity contribution is 0.0596. The van der Waals surface area contributed by atoms with Crippen molar-refractivity contribution in [2.75, 3.05) is 0 Å². The zero-order valence-corrected chi connectivity index (χ0v) is 22.2. The van der Waals surface area contributed by atoms with Crippen LogP contribution < -0.4 is 0 Å². The molecule has 5 unspecified atom stereocenters. The Labute approximate surface area is 199 Å². The van der Waals surface area contributed by atoms with Gasteiger partial charge in [-0.25, -0.2) is 0 Å². The molecule has 3 aliphatic rings. The summed E-state index contributed by atoms with van der Waals surface area (Å²) in [6, 6.07) is 0. The molecule has 184 valence electrons. The molecule has 3 aliphatic carbocycles. The number of rotatable bonds is 6. The maximum Gasteiger partial charge on any atom is 0.0789 e. The van der Waals surface area contributed by atoms with Gasteiger partial charge in [0.25, 0.3) is 0 Å². The number of hydrogen-bond acceptors (Lipinski definition) is 2. The molecule has 3 fully saturated rings. The van der Waals surface area contributed by atoms with Crippen LogP contribution in [0.4, 0.5) is 0 Å². The molecule has 3 rings (SSSR count). The average Bonchev–Trinajstić information content (AvgIpc) is 3.07. The first kappa shape index (κ1) is 27.4. The van der Waals surface area contributed by atoms with Gasteiger partial charge >= 0.3 is 0 Å². The maximum absolute atomic E-state index is 10.3. The molecule has 2 heteroatoms. The van der Waals surface area contributed by atoms with E-state index in [-0.39, 0.29) is 6.10 Å². The standard InChI is InChI=1S/C28H46O2.C2H6/c1-19-17-23(21(3)26(29)18-19)12-11-22-10-8-16-28(6)24(13-14-25(22)28)20(2)9-7-15-27(4,5)30;1-2/h11-12,19-20,24-26,29-30H,3,7-10,13-18H2,1-2,4-6H3;1-2H3/b22-11+,23-12-;/t19?,20-,24?,25?,26?,28?;/m1./s1. The summed E-state index contributed by atoms with van der Waals surface area (Å²) in [6.07, 6.45) is 16.0. The lowest BCUT2D eigenvalue weighted by atomic mass is 9.60. The van der Waals surface area contributed by atoms with Crippen LogP contribution >= 0.6 is 0 Å². The highest BCUT2D eigenvalue weighted by atomic mass is 16.3. The van der Waals surface area contributed by atoms with Crippen LogP contribution in [-0.2, 0) is 0 Å². The molecule has 3 saturated carbocycles. The van der Waals surface area contributed by atoms with Crippen molar-refractivity contribution in [1.82, 2.24) is 0 Å². The van der Waals surface area contributed by atoms with Gasteiger partial charge in [-0.2, -0.15) is 0 Å².